The standard InChI is InChI=1S/C14H17N2O4P/c1-4-20-13-7-5-11(6-8-13)14(12(9-15)10-16)21(17,18-2)19-3/h5-8,12,14H,4H2,1-3H3. The first kappa shape index (κ1) is 17.2. The fourth-order valence-corrected chi connectivity index (χ4v) is 3.60. The predicted molar refractivity (Wildman–Crippen MR) is 76.7 cm³/mol. The first-order valence-corrected chi connectivity index (χ1v) is 7.90. The number of rotatable bonds is 7. The van der Waals surface area contributed by atoms with Crippen LogP contribution in [0.4, 0.5) is 0 Å². The molecule has 1 unspecified atom stereocenters. The summed E-state index contributed by atoms with van der Waals surface area (Å²) < 4.78 is 27.9. The van der Waals surface area contributed by atoms with E-state index < -0.39 is 19.2 Å². The molecule has 6 nitrogen and oxygen atoms in total. The molecule has 21 heavy (non-hydrogen) atoms. The van der Waals surface area contributed by atoms with Crippen molar-refractivity contribution >= 4 is 7.60 Å². The van der Waals surface area contributed by atoms with Crippen LogP contribution in [-0.4, -0.2) is 20.8 Å². The van der Waals surface area contributed by atoms with E-state index in [1.807, 2.05) is 19.1 Å². The molecule has 0 aliphatic rings. The van der Waals surface area contributed by atoms with Gasteiger partial charge in [-0.1, -0.05) is 12.1 Å². The minimum absolute atomic E-state index is 0.524. The van der Waals surface area contributed by atoms with Gasteiger partial charge >= 0.3 is 7.60 Å². The molecule has 112 valence electrons. The van der Waals surface area contributed by atoms with Gasteiger partial charge in [-0.05, 0) is 24.6 Å². The molecule has 0 N–H and O–H groups in total. The second-order valence-corrected chi connectivity index (χ2v) is 6.45. The summed E-state index contributed by atoms with van der Waals surface area (Å²) >= 11 is 0. The first-order valence-electron chi connectivity index (χ1n) is 6.29. The van der Waals surface area contributed by atoms with Gasteiger partial charge in [0.25, 0.3) is 0 Å². The first-order chi connectivity index (χ1) is 10.1. The molecule has 0 aliphatic carbocycles. The lowest BCUT2D eigenvalue weighted by Gasteiger charge is -2.25. The van der Waals surface area contributed by atoms with Crippen molar-refractivity contribution in [2.24, 2.45) is 5.92 Å². The molecule has 0 fully saturated rings. The molecular formula is C14H17N2O4P. The highest BCUT2D eigenvalue weighted by atomic mass is 31.2. The molecule has 1 aromatic carbocycles. The molecule has 0 bridgehead atoms. The van der Waals surface area contributed by atoms with Crippen LogP contribution in [0.25, 0.3) is 0 Å². The molecule has 0 amide bonds. The van der Waals surface area contributed by atoms with Gasteiger partial charge in [0.05, 0.1) is 18.7 Å². The fourth-order valence-electron chi connectivity index (χ4n) is 1.96. The molecular weight excluding hydrogens is 291 g/mol. The maximum Gasteiger partial charge on any atom is 0.339 e. The average Bonchev–Trinajstić information content (AvgIpc) is 2.53. The Kier molecular flexibility index (Phi) is 6.39. The van der Waals surface area contributed by atoms with E-state index in [4.69, 9.17) is 24.3 Å². The molecule has 0 aliphatic heterocycles. The molecule has 0 aromatic heterocycles. The Morgan fingerprint density at radius 1 is 1.14 bits per heavy atom. The SMILES string of the molecule is CCOc1ccc(C(C(C#N)C#N)P(=O)(OC)OC)cc1. The van der Waals surface area contributed by atoms with E-state index in [1.54, 1.807) is 24.3 Å². The van der Waals surface area contributed by atoms with Crippen LogP contribution in [0.15, 0.2) is 24.3 Å². The van der Waals surface area contributed by atoms with Gasteiger partial charge in [0.15, 0.2) is 5.92 Å². The highest BCUT2D eigenvalue weighted by Gasteiger charge is 2.41. The van der Waals surface area contributed by atoms with Crippen molar-refractivity contribution in [1.82, 2.24) is 0 Å². The minimum Gasteiger partial charge on any atom is -0.494 e. The van der Waals surface area contributed by atoms with Gasteiger partial charge in [-0.2, -0.15) is 10.5 Å². The van der Waals surface area contributed by atoms with Gasteiger partial charge in [0, 0.05) is 14.2 Å². The summed E-state index contributed by atoms with van der Waals surface area (Å²) in [6.07, 6.45) is 0. The molecule has 0 radical (unpaired) electrons. The second-order valence-electron chi connectivity index (χ2n) is 4.09. The molecule has 1 aromatic rings. The normalized spacial score (nSPS) is 12.5. The summed E-state index contributed by atoms with van der Waals surface area (Å²) in [4.78, 5) is 0. The van der Waals surface area contributed by atoms with E-state index in [2.05, 4.69) is 0 Å². The molecule has 0 spiro atoms. The number of hydrogen-bond donors (Lipinski definition) is 0. The summed E-state index contributed by atoms with van der Waals surface area (Å²) in [7, 11) is -1.15. The molecule has 1 rings (SSSR count). The van der Waals surface area contributed by atoms with Crippen molar-refractivity contribution in [2.75, 3.05) is 20.8 Å². The summed E-state index contributed by atoms with van der Waals surface area (Å²) in [6.45, 7) is 2.39. The molecule has 0 saturated carbocycles. The Labute approximate surface area is 124 Å². The average molecular weight is 308 g/mol. The van der Waals surface area contributed by atoms with E-state index in [9.17, 15) is 4.57 Å². The molecule has 0 heterocycles. The van der Waals surface area contributed by atoms with E-state index in [1.165, 1.54) is 14.2 Å². The molecule has 1 atom stereocenters. The number of nitrogens with zero attached hydrogens (tertiary/aromatic N) is 2. The lowest BCUT2D eigenvalue weighted by molar-refractivity contribution is 0.262. The van der Waals surface area contributed by atoms with Crippen LogP contribution in [0.1, 0.15) is 18.1 Å². The van der Waals surface area contributed by atoms with Crippen molar-refractivity contribution in [3.05, 3.63) is 29.8 Å². The maximum absolute atomic E-state index is 12.6. The van der Waals surface area contributed by atoms with Gasteiger partial charge in [-0.15, -0.1) is 0 Å². The zero-order valence-corrected chi connectivity index (χ0v) is 13.0. The van der Waals surface area contributed by atoms with Gasteiger partial charge in [-0.3, -0.25) is 4.57 Å². The summed E-state index contributed by atoms with van der Waals surface area (Å²) in [5, 5.41) is 18.2. The highest BCUT2D eigenvalue weighted by molar-refractivity contribution is 7.54. The quantitative estimate of drug-likeness (QED) is 0.718. The van der Waals surface area contributed by atoms with E-state index in [0.717, 1.165) is 0 Å². The van der Waals surface area contributed by atoms with E-state index >= 15 is 0 Å². The third-order valence-electron chi connectivity index (χ3n) is 2.98. The zero-order chi connectivity index (χ0) is 15.9. The lowest BCUT2D eigenvalue weighted by Crippen LogP contribution is -2.12. The summed E-state index contributed by atoms with van der Waals surface area (Å²) in [5.41, 5.74) is -0.447. The molecule has 7 heteroatoms. The van der Waals surface area contributed by atoms with Crippen molar-refractivity contribution in [2.45, 2.75) is 12.6 Å². The highest BCUT2D eigenvalue weighted by Crippen LogP contribution is 2.62. The largest absolute Gasteiger partial charge is 0.494 e. The fraction of sp³-hybridized carbons (Fsp3) is 0.429. The number of nitriles is 2. The predicted octanol–water partition coefficient (Wildman–Crippen LogP) is 3.28. The number of hydrogen-bond acceptors (Lipinski definition) is 6. The summed E-state index contributed by atoms with van der Waals surface area (Å²) in [5.74, 6) is -0.496. The topological polar surface area (TPSA) is 92.3 Å². The van der Waals surface area contributed by atoms with Gasteiger partial charge in [0.2, 0.25) is 0 Å². The van der Waals surface area contributed by atoms with Crippen LogP contribution in [0.3, 0.4) is 0 Å². The van der Waals surface area contributed by atoms with Crippen molar-refractivity contribution < 1.29 is 18.3 Å². The third-order valence-corrected chi connectivity index (χ3v) is 5.27. The Morgan fingerprint density at radius 3 is 2.05 bits per heavy atom. The van der Waals surface area contributed by atoms with Crippen LogP contribution in [0, 0.1) is 28.6 Å². The van der Waals surface area contributed by atoms with Crippen LogP contribution >= 0.6 is 7.60 Å². The Bertz CT molecular complexity index is 566. The smallest absolute Gasteiger partial charge is 0.339 e. The number of ether oxygens (including phenoxy) is 1. The van der Waals surface area contributed by atoms with Crippen LogP contribution in [0.5, 0.6) is 5.75 Å². The third kappa shape index (κ3) is 3.83. The maximum atomic E-state index is 12.6. The monoisotopic (exact) mass is 308 g/mol. The lowest BCUT2D eigenvalue weighted by atomic mass is 10.0. The molecule has 0 saturated heterocycles. The Balaban J connectivity index is 3.28. The minimum atomic E-state index is -3.62. The van der Waals surface area contributed by atoms with E-state index in [0.29, 0.717) is 17.9 Å². The van der Waals surface area contributed by atoms with Crippen molar-refractivity contribution in [3.8, 4) is 17.9 Å². The van der Waals surface area contributed by atoms with Crippen LogP contribution in [0.2, 0.25) is 0 Å². The van der Waals surface area contributed by atoms with Crippen molar-refractivity contribution in [3.63, 3.8) is 0 Å². The van der Waals surface area contributed by atoms with Gasteiger partial charge < -0.3 is 13.8 Å². The van der Waals surface area contributed by atoms with Crippen LogP contribution in [-0.2, 0) is 13.6 Å². The second kappa shape index (κ2) is 7.81. The summed E-state index contributed by atoms with van der Waals surface area (Å²) in [6, 6.07) is 10.4. The Hall–Kier alpha value is -1.85. The Morgan fingerprint density at radius 2 is 1.67 bits per heavy atom. The van der Waals surface area contributed by atoms with Crippen molar-refractivity contribution in [1.29, 1.82) is 10.5 Å². The number of benzene rings is 1. The van der Waals surface area contributed by atoms with Crippen LogP contribution < -0.4 is 4.74 Å². The zero-order valence-electron chi connectivity index (χ0n) is 12.1. The van der Waals surface area contributed by atoms with Gasteiger partial charge in [0.1, 0.15) is 11.4 Å². The van der Waals surface area contributed by atoms with Gasteiger partial charge in [-0.25, -0.2) is 0 Å². The van der Waals surface area contributed by atoms with E-state index in [-0.39, 0.29) is 0 Å².